The number of nitrogens with one attached hydrogen (secondary N) is 1. The summed E-state index contributed by atoms with van der Waals surface area (Å²) in [5.74, 6) is -5.30. The largest absolute Gasteiger partial charge is 0.490 e. The smallest absolute Gasteiger partial charge is 0.481 e. The molecule has 5 N–H and O–H groups in total. The lowest BCUT2D eigenvalue weighted by molar-refractivity contribution is -0.192. The number of carbonyl (C=O) groups is 5. The fourth-order valence-corrected chi connectivity index (χ4v) is 2.33. The van der Waals surface area contributed by atoms with Crippen molar-refractivity contribution in [2.75, 3.05) is 65.9 Å². The summed E-state index contributed by atoms with van der Waals surface area (Å²) in [5, 5.41) is 18.1. The molecule has 0 radical (unpaired) electrons. The molecule has 0 saturated heterocycles. The molecule has 0 saturated carbocycles. The number of alkyl halides is 3. The van der Waals surface area contributed by atoms with Crippen molar-refractivity contribution in [2.24, 2.45) is 5.73 Å². The van der Waals surface area contributed by atoms with Crippen molar-refractivity contribution in [1.29, 1.82) is 0 Å². The highest BCUT2D eigenvalue weighted by molar-refractivity contribution is 6.15. The molecule has 1 rings (SSSR count). The van der Waals surface area contributed by atoms with Crippen molar-refractivity contribution in [1.82, 2.24) is 10.2 Å². The van der Waals surface area contributed by atoms with Crippen LogP contribution in [0.5, 0.6) is 0 Å². The van der Waals surface area contributed by atoms with Crippen LogP contribution in [0.4, 0.5) is 13.2 Å². The fourth-order valence-electron chi connectivity index (χ4n) is 2.33. The number of imide groups is 1. The molecular formula is C20H30F3N3O11. The van der Waals surface area contributed by atoms with Gasteiger partial charge in [0.05, 0.1) is 59.3 Å². The quantitative estimate of drug-likeness (QED) is 0.115. The van der Waals surface area contributed by atoms with Crippen LogP contribution in [-0.2, 0) is 42.9 Å². The number of hydrogen-bond donors (Lipinski definition) is 4. The Kier molecular flexibility index (Phi) is 17.4. The molecule has 0 aromatic carbocycles. The molecule has 0 aliphatic carbocycles. The van der Waals surface area contributed by atoms with Gasteiger partial charge in [0.25, 0.3) is 11.8 Å². The molecule has 0 fully saturated rings. The summed E-state index contributed by atoms with van der Waals surface area (Å²) in [6.07, 6.45) is -2.92. The number of carboxylic acid groups (broad SMARTS) is 2. The van der Waals surface area contributed by atoms with Crippen molar-refractivity contribution in [3.63, 3.8) is 0 Å². The zero-order chi connectivity index (χ0) is 28.3. The van der Waals surface area contributed by atoms with Crippen LogP contribution in [0.2, 0.25) is 0 Å². The standard InChI is InChI=1S/C18H29N3O9.C2HF3O2/c19-13-14(21-15(22)1-2-16(21)23)18(26)20-4-6-28-8-10-30-12-11-29-9-7-27-5-3-17(24)25;3-2(4,5)1(6)7/h1-2,14H,3-13,19H2,(H,20,26)(H,24,25);(H,6,7)/t14-;/m0./s1. The Morgan fingerprint density at radius 3 is 1.65 bits per heavy atom. The highest BCUT2D eigenvalue weighted by Gasteiger charge is 2.38. The predicted molar refractivity (Wildman–Crippen MR) is 116 cm³/mol. The van der Waals surface area contributed by atoms with Gasteiger partial charge in [-0.05, 0) is 0 Å². The van der Waals surface area contributed by atoms with Gasteiger partial charge in [-0.15, -0.1) is 0 Å². The van der Waals surface area contributed by atoms with Gasteiger partial charge < -0.3 is 40.2 Å². The highest BCUT2D eigenvalue weighted by atomic mass is 19.4. The first-order chi connectivity index (χ1) is 17.4. The Labute approximate surface area is 209 Å². The Balaban J connectivity index is 0.00000161. The molecule has 3 amide bonds. The monoisotopic (exact) mass is 545 g/mol. The maximum absolute atomic E-state index is 12.1. The van der Waals surface area contributed by atoms with Crippen LogP contribution in [0.1, 0.15) is 6.42 Å². The van der Waals surface area contributed by atoms with E-state index in [2.05, 4.69) is 5.32 Å². The SMILES string of the molecule is NC[C@@H](C(=O)NCCOCCOCCOCCOCCC(=O)O)N1C(=O)C=CC1=O.O=C(O)C(F)(F)F. The molecule has 37 heavy (non-hydrogen) atoms. The third-order valence-corrected chi connectivity index (χ3v) is 4.05. The summed E-state index contributed by atoms with van der Waals surface area (Å²) >= 11 is 0. The summed E-state index contributed by atoms with van der Waals surface area (Å²) in [6, 6.07) is -1.05. The normalized spacial score (nSPS) is 13.8. The van der Waals surface area contributed by atoms with Gasteiger partial charge in [-0.1, -0.05) is 0 Å². The van der Waals surface area contributed by atoms with Crippen LogP contribution in [0.3, 0.4) is 0 Å². The summed E-state index contributed by atoms with van der Waals surface area (Å²) in [5.41, 5.74) is 5.52. The van der Waals surface area contributed by atoms with Gasteiger partial charge >= 0.3 is 18.1 Å². The minimum absolute atomic E-state index is 0.0321. The van der Waals surface area contributed by atoms with Gasteiger partial charge in [0.1, 0.15) is 6.04 Å². The lowest BCUT2D eigenvalue weighted by Crippen LogP contribution is -2.53. The Morgan fingerprint density at radius 1 is 0.865 bits per heavy atom. The summed E-state index contributed by atoms with van der Waals surface area (Å²) < 4.78 is 52.7. The van der Waals surface area contributed by atoms with Crippen molar-refractivity contribution in [3.8, 4) is 0 Å². The Hall–Kier alpha value is -3.12. The second-order valence-corrected chi connectivity index (χ2v) is 6.82. The van der Waals surface area contributed by atoms with Crippen LogP contribution in [0.15, 0.2) is 12.2 Å². The van der Waals surface area contributed by atoms with E-state index in [1.165, 1.54) is 0 Å². The molecule has 0 unspecified atom stereocenters. The molecule has 0 bridgehead atoms. The summed E-state index contributed by atoms with van der Waals surface area (Å²) in [7, 11) is 0. The summed E-state index contributed by atoms with van der Waals surface area (Å²) in [4.78, 5) is 55.3. The third kappa shape index (κ3) is 16.3. The van der Waals surface area contributed by atoms with Crippen LogP contribution in [-0.4, -0.2) is 123 Å². The first-order valence-electron chi connectivity index (χ1n) is 10.8. The third-order valence-electron chi connectivity index (χ3n) is 4.05. The van der Waals surface area contributed by atoms with Gasteiger partial charge in [0, 0.05) is 25.2 Å². The zero-order valence-electron chi connectivity index (χ0n) is 19.7. The van der Waals surface area contributed by atoms with E-state index in [-0.39, 0.29) is 32.7 Å². The number of carbonyl (C=O) groups excluding carboxylic acids is 3. The van der Waals surface area contributed by atoms with Crippen LogP contribution >= 0.6 is 0 Å². The van der Waals surface area contributed by atoms with Crippen molar-refractivity contribution in [2.45, 2.75) is 18.6 Å². The van der Waals surface area contributed by atoms with Crippen molar-refractivity contribution >= 4 is 29.7 Å². The van der Waals surface area contributed by atoms with Gasteiger partial charge in [0.2, 0.25) is 5.91 Å². The van der Waals surface area contributed by atoms with Crippen LogP contribution < -0.4 is 11.1 Å². The zero-order valence-corrected chi connectivity index (χ0v) is 19.7. The fraction of sp³-hybridized carbons (Fsp3) is 0.650. The first kappa shape index (κ1) is 33.9. The topological polar surface area (TPSA) is 204 Å². The molecule has 1 atom stereocenters. The van der Waals surface area contributed by atoms with E-state index < -0.39 is 41.9 Å². The maximum Gasteiger partial charge on any atom is 0.490 e. The minimum atomic E-state index is -5.08. The first-order valence-corrected chi connectivity index (χ1v) is 10.8. The van der Waals surface area contributed by atoms with Gasteiger partial charge in [-0.25, -0.2) is 4.79 Å². The molecule has 1 heterocycles. The molecule has 212 valence electrons. The van der Waals surface area contributed by atoms with E-state index in [1.807, 2.05) is 0 Å². The number of nitrogens with two attached hydrogens (primary N) is 1. The molecular weight excluding hydrogens is 515 g/mol. The molecule has 1 aliphatic heterocycles. The van der Waals surface area contributed by atoms with E-state index in [1.54, 1.807) is 0 Å². The van der Waals surface area contributed by atoms with E-state index in [0.717, 1.165) is 17.1 Å². The predicted octanol–water partition coefficient (Wildman–Crippen LogP) is -1.47. The van der Waals surface area contributed by atoms with E-state index in [4.69, 9.17) is 39.7 Å². The summed E-state index contributed by atoms with van der Waals surface area (Å²) in [6.45, 7) is 2.52. The number of hydrogen-bond acceptors (Lipinski definition) is 10. The average molecular weight is 545 g/mol. The number of nitrogens with zero attached hydrogens (tertiary/aromatic N) is 1. The lowest BCUT2D eigenvalue weighted by Gasteiger charge is -2.23. The van der Waals surface area contributed by atoms with Gasteiger partial charge in [-0.3, -0.25) is 24.1 Å². The number of carboxylic acids is 2. The average Bonchev–Trinajstić information content (AvgIpc) is 3.14. The Bertz CT molecular complexity index is 760. The Morgan fingerprint density at radius 2 is 1.27 bits per heavy atom. The highest BCUT2D eigenvalue weighted by Crippen LogP contribution is 2.13. The lowest BCUT2D eigenvalue weighted by atomic mass is 10.2. The van der Waals surface area contributed by atoms with E-state index in [9.17, 15) is 32.3 Å². The van der Waals surface area contributed by atoms with E-state index >= 15 is 0 Å². The molecule has 0 aromatic rings. The maximum atomic E-state index is 12.1. The second kappa shape index (κ2) is 19.1. The van der Waals surface area contributed by atoms with Crippen LogP contribution in [0, 0.1) is 0 Å². The molecule has 1 aliphatic rings. The second-order valence-electron chi connectivity index (χ2n) is 6.82. The minimum Gasteiger partial charge on any atom is -0.481 e. The van der Waals surface area contributed by atoms with E-state index in [0.29, 0.717) is 39.6 Å². The number of aliphatic carboxylic acids is 2. The molecule has 0 spiro atoms. The van der Waals surface area contributed by atoms with Gasteiger partial charge in [0.15, 0.2) is 0 Å². The number of rotatable bonds is 18. The molecule has 17 heteroatoms. The molecule has 0 aromatic heterocycles. The number of halogens is 3. The van der Waals surface area contributed by atoms with Crippen molar-refractivity contribution in [3.05, 3.63) is 12.2 Å². The van der Waals surface area contributed by atoms with Gasteiger partial charge in [-0.2, -0.15) is 13.2 Å². The number of amides is 3. The van der Waals surface area contributed by atoms with Crippen molar-refractivity contribution < 1.29 is 66.3 Å². The number of ether oxygens (including phenoxy) is 4. The molecule has 14 nitrogen and oxygen atoms in total. The van der Waals surface area contributed by atoms with Crippen LogP contribution in [0.25, 0.3) is 0 Å².